The predicted molar refractivity (Wildman–Crippen MR) is 85.8 cm³/mol. The molecule has 0 spiro atoms. The van der Waals surface area contributed by atoms with Crippen molar-refractivity contribution in [1.82, 2.24) is 10.6 Å². The van der Waals surface area contributed by atoms with Gasteiger partial charge in [-0.25, -0.2) is 4.99 Å². The molecular weight excluding hydrogens is 270 g/mol. The van der Waals surface area contributed by atoms with Crippen molar-refractivity contribution >= 4 is 22.8 Å². The Hall–Kier alpha value is -0.810. The summed E-state index contributed by atoms with van der Waals surface area (Å²) in [5.41, 5.74) is 1.09. The van der Waals surface area contributed by atoms with Gasteiger partial charge in [-0.3, -0.25) is 4.79 Å². The molecule has 0 radical (unpaired) electrons. The van der Waals surface area contributed by atoms with E-state index in [0.29, 0.717) is 11.2 Å². The molecule has 0 aromatic carbocycles. The lowest BCUT2D eigenvalue weighted by Gasteiger charge is -2.25. The molecule has 20 heavy (non-hydrogen) atoms. The van der Waals surface area contributed by atoms with Gasteiger partial charge in [0.15, 0.2) is 5.17 Å². The number of rotatable bonds is 3. The van der Waals surface area contributed by atoms with Crippen LogP contribution in [0.1, 0.15) is 46.5 Å². The lowest BCUT2D eigenvalue weighted by molar-refractivity contribution is -0.122. The summed E-state index contributed by atoms with van der Waals surface area (Å²) in [6.45, 7) is 7.38. The largest absolute Gasteiger partial charge is 0.306 e. The number of allylic oxidation sites excluding steroid dienone is 1. The Morgan fingerprint density at radius 3 is 2.95 bits per heavy atom. The van der Waals surface area contributed by atoms with Crippen LogP contribution in [-0.2, 0) is 4.79 Å². The zero-order valence-corrected chi connectivity index (χ0v) is 13.4. The molecular formula is C15H25N3OS. The summed E-state index contributed by atoms with van der Waals surface area (Å²) in [6.07, 6.45) is 6.49. The van der Waals surface area contributed by atoms with E-state index >= 15 is 0 Å². The summed E-state index contributed by atoms with van der Waals surface area (Å²) >= 11 is 1.66. The quantitative estimate of drug-likeness (QED) is 0.841. The summed E-state index contributed by atoms with van der Waals surface area (Å²) in [5.74, 6) is 0.459. The Morgan fingerprint density at radius 1 is 1.55 bits per heavy atom. The van der Waals surface area contributed by atoms with Crippen LogP contribution in [0.3, 0.4) is 0 Å². The zero-order valence-electron chi connectivity index (χ0n) is 12.6. The minimum atomic E-state index is -0.0551. The number of nitrogens with one attached hydrogen (secondary N) is 2. The number of amides is 1. The van der Waals surface area contributed by atoms with E-state index in [-0.39, 0.29) is 11.9 Å². The van der Waals surface area contributed by atoms with E-state index in [2.05, 4.69) is 42.5 Å². The topological polar surface area (TPSA) is 53.5 Å². The van der Waals surface area contributed by atoms with Crippen LogP contribution in [0.2, 0.25) is 0 Å². The monoisotopic (exact) mass is 295 g/mol. The van der Waals surface area contributed by atoms with Crippen molar-refractivity contribution in [3.63, 3.8) is 0 Å². The van der Waals surface area contributed by atoms with E-state index in [4.69, 9.17) is 0 Å². The van der Waals surface area contributed by atoms with Gasteiger partial charge in [0.2, 0.25) is 5.91 Å². The first-order valence-corrected chi connectivity index (χ1v) is 8.49. The second-order valence-corrected chi connectivity index (χ2v) is 6.95. The highest BCUT2D eigenvalue weighted by Gasteiger charge is 2.24. The number of thioether (sulfide) groups is 1. The van der Waals surface area contributed by atoms with Crippen LogP contribution in [-0.4, -0.2) is 28.9 Å². The molecule has 0 bridgehead atoms. The van der Waals surface area contributed by atoms with Crippen LogP contribution in [0.25, 0.3) is 0 Å². The van der Waals surface area contributed by atoms with Gasteiger partial charge in [-0.2, -0.15) is 0 Å². The average molecular weight is 295 g/mol. The molecule has 112 valence electrons. The first-order valence-electron chi connectivity index (χ1n) is 7.61. The third-order valence-corrected chi connectivity index (χ3v) is 4.89. The van der Waals surface area contributed by atoms with Crippen molar-refractivity contribution in [3.8, 4) is 0 Å². The Labute approximate surface area is 125 Å². The van der Waals surface area contributed by atoms with Crippen LogP contribution in [0, 0.1) is 5.92 Å². The standard InChI is InChI=1S/C15H25N3OS/c1-4-11-9-13(10(2)3)17-15(20-11)18-14(19)12-7-5-6-8-16-12/h9-12,16H,4-8H2,1-3H3,(H,17,18,19). The number of nitrogens with zero attached hydrogens (tertiary/aromatic N) is 1. The highest BCUT2D eigenvalue weighted by atomic mass is 32.2. The molecule has 1 saturated heterocycles. The van der Waals surface area contributed by atoms with Crippen molar-refractivity contribution in [3.05, 3.63) is 11.8 Å². The van der Waals surface area contributed by atoms with E-state index in [1.807, 2.05) is 0 Å². The van der Waals surface area contributed by atoms with Crippen molar-refractivity contribution in [1.29, 1.82) is 0 Å². The smallest absolute Gasteiger partial charge is 0.243 e. The van der Waals surface area contributed by atoms with Crippen LogP contribution in [0.5, 0.6) is 0 Å². The number of carbonyl (C=O) groups is 1. The van der Waals surface area contributed by atoms with Gasteiger partial charge >= 0.3 is 0 Å². The number of carbonyl (C=O) groups excluding carboxylic acids is 1. The maximum Gasteiger partial charge on any atom is 0.243 e. The predicted octanol–water partition coefficient (Wildman–Crippen LogP) is 2.67. The summed E-state index contributed by atoms with van der Waals surface area (Å²) in [5, 5.41) is 7.47. The number of aliphatic imine (C=N–C) groups is 1. The second-order valence-electron chi connectivity index (χ2n) is 5.72. The number of hydrogen-bond donors (Lipinski definition) is 2. The maximum atomic E-state index is 12.3. The van der Waals surface area contributed by atoms with Crippen molar-refractivity contribution in [2.45, 2.75) is 57.7 Å². The molecule has 2 N–H and O–H groups in total. The van der Waals surface area contributed by atoms with Gasteiger partial charge < -0.3 is 10.6 Å². The second kappa shape index (κ2) is 7.27. The van der Waals surface area contributed by atoms with Crippen LogP contribution in [0.4, 0.5) is 0 Å². The SMILES string of the molecule is CCC1C=C(C(C)C)N=C(NC(=O)C2CCCCN2)S1. The van der Waals surface area contributed by atoms with E-state index in [1.165, 1.54) is 0 Å². The molecule has 2 heterocycles. The van der Waals surface area contributed by atoms with Gasteiger partial charge in [0.1, 0.15) is 0 Å². The van der Waals surface area contributed by atoms with E-state index in [0.717, 1.165) is 43.1 Å². The first kappa shape index (κ1) is 15.6. The molecule has 0 aliphatic carbocycles. The summed E-state index contributed by atoms with van der Waals surface area (Å²) in [6, 6.07) is -0.0551. The van der Waals surface area contributed by atoms with Gasteiger partial charge in [-0.15, -0.1) is 0 Å². The normalized spacial score (nSPS) is 27.0. The van der Waals surface area contributed by atoms with Crippen LogP contribution < -0.4 is 10.6 Å². The molecule has 2 rings (SSSR count). The number of amidine groups is 1. The molecule has 2 aliphatic rings. The van der Waals surface area contributed by atoms with Crippen molar-refractivity contribution in [2.24, 2.45) is 10.9 Å². The molecule has 0 aromatic rings. The molecule has 0 saturated carbocycles. The van der Waals surface area contributed by atoms with E-state index in [1.54, 1.807) is 11.8 Å². The third-order valence-electron chi connectivity index (χ3n) is 3.70. The molecule has 0 aromatic heterocycles. The fraction of sp³-hybridized carbons (Fsp3) is 0.733. The van der Waals surface area contributed by atoms with Gasteiger partial charge in [-0.05, 0) is 37.8 Å². The van der Waals surface area contributed by atoms with Crippen molar-refractivity contribution in [2.75, 3.05) is 6.54 Å². The Morgan fingerprint density at radius 2 is 2.35 bits per heavy atom. The average Bonchev–Trinajstić information content (AvgIpc) is 2.47. The Balaban J connectivity index is 2.00. The zero-order chi connectivity index (χ0) is 14.5. The molecule has 2 aliphatic heterocycles. The lowest BCUT2D eigenvalue weighted by Crippen LogP contribution is -2.48. The van der Waals surface area contributed by atoms with Gasteiger partial charge in [0.05, 0.1) is 6.04 Å². The Bertz CT molecular complexity index is 411. The van der Waals surface area contributed by atoms with E-state index < -0.39 is 0 Å². The minimum absolute atomic E-state index is 0.0551. The molecule has 2 atom stereocenters. The summed E-state index contributed by atoms with van der Waals surface area (Å²) in [4.78, 5) is 16.8. The minimum Gasteiger partial charge on any atom is -0.306 e. The highest BCUT2D eigenvalue weighted by molar-refractivity contribution is 8.14. The fourth-order valence-corrected chi connectivity index (χ4v) is 3.38. The van der Waals surface area contributed by atoms with Crippen LogP contribution in [0.15, 0.2) is 16.8 Å². The summed E-state index contributed by atoms with van der Waals surface area (Å²) in [7, 11) is 0. The highest BCUT2D eigenvalue weighted by Crippen LogP contribution is 2.27. The van der Waals surface area contributed by atoms with Gasteiger partial charge in [0.25, 0.3) is 0 Å². The number of piperidine rings is 1. The van der Waals surface area contributed by atoms with Gasteiger partial charge in [0, 0.05) is 10.9 Å². The van der Waals surface area contributed by atoms with Gasteiger partial charge in [-0.1, -0.05) is 39.0 Å². The van der Waals surface area contributed by atoms with E-state index in [9.17, 15) is 4.79 Å². The first-order chi connectivity index (χ1) is 9.60. The molecule has 1 fully saturated rings. The molecule has 2 unspecified atom stereocenters. The van der Waals surface area contributed by atoms with Crippen molar-refractivity contribution < 1.29 is 4.79 Å². The fourth-order valence-electron chi connectivity index (χ4n) is 2.40. The van der Waals surface area contributed by atoms with Crippen LogP contribution >= 0.6 is 11.8 Å². The molecule has 1 amide bonds. The number of hydrogen-bond acceptors (Lipinski definition) is 4. The maximum absolute atomic E-state index is 12.3. The lowest BCUT2D eigenvalue weighted by atomic mass is 10.0. The molecule has 5 heteroatoms. The Kier molecular flexibility index (Phi) is 5.66. The molecule has 4 nitrogen and oxygen atoms in total. The summed E-state index contributed by atoms with van der Waals surface area (Å²) < 4.78 is 0. The third kappa shape index (κ3) is 4.09.